The fraction of sp³-hybridized carbons (Fsp3) is 0.889. The summed E-state index contributed by atoms with van der Waals surface area (Å²) in [6, 6.07) is 0. The zero-order valence-electron chi connectivity index (χ0n) is 46.6. The van der Waals surface area contributed by atoms with E-state index in [4.69, 9.17) is 14.2 Å². The summed E-state index contributed by atoms with van der Waals surface area (Å²) in [5.41, 5.74) is 0. The largest absolute Gasteiger partial charge is 0.462 e. The summed E-state index contributed by atoms with van der Waals surface area (Å²) < 4.78 is 16.9. The van der Waals surface area contributed by atoms with Gasteiger partial charge in [0.05, 0.1) is 0 Å². The highest BCUT2D eigenvalue weighted by molar-refractivity contribution is 5.71. The molecule has 0 aromatic carbocycles. The molecule has 0 saturated carbocycles. The summed E-state index contributed by atoms with van der Waals surface area (Å²) in [6.07, 6.45) is 69.0. The van der Waals surface area contributed by atoms with E-state index < -0.39 is 6.10 Å². The van der Waals surface area contributed by atoms with Gasteiger partial charge in [-0.05, 0) is 70.6 Å². The van der Waals surface area contributed by atoms with Crippen molar-refractivity contribution in [3.8, 4) is 0 Å². The van der Waals surface area contributed by atoms with Gasteiger partial charge in [-0.2, -0.15) is 0 Å². The topological polar surface area (TPSA) is 78.9 Å². The number of carbonyl (C=O) groups excluding carboxylic acids is 3. The van der Waals surface area contributed by atoms with Crippen molar-refractivity contribution in [3.05, 3.63) is 24.3 Å². The molecule has 0 heterocycles. The Kier molecular flexibility index (Phi) is 56.7. The van der Waals surface area contributed by atoms with Crippen LogP contribution in [-0.2, 0) is 28.6 Å². The number of carbonyl (C=O) groups is 3. The van der Waals surface area contributed by atoms with E-state index in [9.17, 15) is 14.4 Å². The number of rotatable bonds is 57. The van der Waals surface area contributed by atoms with E-state index in [2.05, 4.69) is 45.1 Å². The van der Waals surface area contributed by atoms with Gasteiger partial charge in [0.25, 0.3) is 0 Å². The molecule has 0 radical (unpaired) electrons. The summed E-state index contributed by atoms with van der Waals surface area (Å²) in [6.45, 7) is 6.66. The predicted octanol–water partition coefficient (Wildman–Crippen LogP) is 20.7. The lowest BCUT2D eigenvalue weighted by molar-refractivity contribution is -0.167. The maximum atomic E-state index is 12.8. The van der Waals surface area contributed by atoms with Crippen molar-refractivity contribution in [2.75, 3.05) is 13.2 Å². The van der Waals surface area contributed by atoms with Crippen LogP contribution in [0.5, 0.6) is 0 Å². The Labute approximate surface area is 430 Å². The van der Waals surface area contributed by atoms with E-state index in [1.54, 1.807) is 0 Å². The zero-order valence-corrected chi connectivity index (χ0v) is 46.6. The Bertz CT molecular complexity index is 1110. The average molecular weight is 972 g/mol. The third kappa shape index (κ3) is 56.7. The molecule has 0 aliphatic carbocycles. The average Bonchev–Trinajstić information content (AvgIpc) is 3.35. The van der Waals surface area contributed by atoms with Gasteiger partial charge < -0.3 is 14.2 Å². The number of unbranched alkanes of at least 4 members (excludes halogenated alkanes) is 42. The first-order chi connectivity index (χ1) is 34.0. The molecular weight excluding hydrogens is 853 g/mol. The van der Waals surface area contributed by atoms with Crippen LogP contribution in [0.4, 0.5) is 0 Å². The van der Waals surface area contributed by atoms with E-state index >= 15 is 0 Å². The minimum absolute atomic E-state index is 0.0690. The number of allylic oxidation sites excluding steroid dienone is 4. The van der Waals surface area contributed by atoms with Gasteiger partial charge in [-0.25, -0.2) is 0 Å². The van der Waals surface area contributed by atoms with Crippen LogP contribution in [0.1, 0.15) is 342 Å². The SMILES string of the molecule is CCCCC/C=C\CCCCCCCC(=O)OCC(COC(=O)CCCCCCCCCCCCCCC/C=C\CCCCCCCCCC)OC(=O)CCCCCCCCCCCCCCCC. The first-order valence-corrected chi connectivity index (χ1v) is 30.8. The second-order valence-corrected chi connectivity index (χ2v) is 21.0. The minimum atomic E-state index is -0.770. The number of hydrogen-bond acceptors (Lipinski definition) is 6. The molecule has 69 heavy (non-hydrogen) atoms. The maximum Gasteiger partial charge on any atom is 0.306 e. The molecule has 0 saturated heterocycles. The molecule has 0 spiro atoms. The lowest BCUT2D eigenvalue weighted by Crippen LogP contribution is -2.30. The molecule has 406 valence electrons. The van der Waals surface area contributed by atoms with Gasteiger partial charge in [-0.15, -0.1) is 0 Å². The Morgan fingerprint density at radius 3 is 0.754 bits per heavy atom. The Morgan fingerprint density at radius 2 is 0.478 bits per heavy atom. The van der Waals surface area contributed by atoms with Gasteiger partial charge >= 0.3 is 17.9 Å². The molecule has 0 N–H and O–H groups in total. The highest BCUT2D eigenvalue weighted by atomic mass is 16.6. The molecule has 0 fully saturated rings. The van der Waals surface area contributed by atoms with Crippen LogP contribution < -0.4 is 0 Å². The van der Waals surface area contributed by atoms with Crippen molar-refractivity contribution in [1.29, 1.82) is 0 Å². The maximum absolute atomic E-state index is 12.8. The molecule has 0 amide bonds. The lowest BCUT2D eigenvalue weighted by atomic mass is 10.0. The van der Waals surface area contributed by atoms with Crippen LogP contribution >= 0.6 is 0 Å². The molecule has 1 unspecified atom stereocenters. The van der Waals surface area contributed by atoms with Crippen LogP contribution in [-0.4, -0.2) is 37.2 Å². The fourth-order valence-electron chi connectivity index (χ4n) is 9.26. The molecule has 6 nitrogen and oxygen atoms in total. The van der Waals surface area contributed by atoms with Crippen molar-refractivity contribution in [3.63, 3.8) is 0 Å². The smallest absolute Gasteiger partial charge is 0.306 e. The fourth-order valence-corrected chi connectivity index (χ4v) is 9.26. The predicted molar refractivity (Wildman–Crippen MR) is 298 cm³/mol. The quantitative estimate of drug-likeness (QED) is 0.0261. The minimum Gasteiger partial charge on any atom is -0.462 e. The van der Waals surface area contributed by atoms with Crippen molar-refractivity contribution in [2.45, 2.75) is 348 Å². The molecular formula is C63H118O6. The molecule has 0 rings (SSSR count). The number of hydrogen-bond donors (Lipinski definition) is 0. The zero-order chi connectivity index (χ0) is 50.0. The Hall–Kier alpha value is -2.11. The van der Waals surface area contributed by atoms with E-state index in [0.717, 1.165) is 64.2 Å². The van der Waals surface area contributed by atoms with Gasteiger partial charge in [-0.3, -0.25) is 14.4 Å². The van der Waals surface area contributed by atoms with E-state index in [1.165, 1.54) is 238 Å². The van der Waals surface area contributed by atoms with Gasteiger partial charge in [0.15, 0.2) is 6.10 Å². The molecule has 0 aromatic rings. The summed E-state index contributed by atoms with van der Waals surface area (Å²) in [7, 11) is 0. The Morgan fingerprint density at radius 1 is 0.275 bits per heavy atom. The molecule has 0 bridgehead atoms. The molecule has 6 heteroatoms. The van der Waals surface area contributed by atoms with Crippen molar-refractivity contribution < 1.29 is 28.6 Å². The van der Waals surface area contributed by atoms with Crippen molar-refractivity contribution in [2.24, 2.45) is 0 Å². The third-order valence-corrected chi connectivity index (χ3v) is 13.9. The lowest BCUT2D eigenvalue weighted by Gasteiger charge is -2.18. The highest BCUT2D eigenvalue weighted by Crippen LogP contribution is 2.17. The standard InChI is InChI=1S/C63H118O6/c1-4-7-10-13-16-19-22-25-27-28-29-30-31-32-33-34-35-36-37-39-41-44-47-50-53-56-62(65)68-59-60(58-67-61(64)55-52-49-46-43-40-24-21-18-15-12-9-6-3)69-63(66)57-54-51-48-45-42-38-26-23-20-17-14-11-8-5-2/h18,21,28-29,60H,4-17,19-20,22-27,30-59H2,1-3H3/b21-18-,29-28-. The van der Waals surface area contributed by atoms with Crippen molar-refractivity contribution in [1.82, 2.24) is 0 Å². The van der Waals surface area contributed by atoms with Crippen LogP contribution in [0.2, 0.25) is 0 Å². The second kappa shape index (κ2) is 58.5. The summed E-state index contributed by atoms with van der Waals surface area (Å²) >= 11 is 0. The number of esters is 3. The highest BCUT2D eigenvalue weighted by Gasteiger charge is 2.19. The summed E-state index contributed by atoms with van der Waals surface area (Å²) in [5.74, 6) is -0.857. The first-order valence-electron chi connectivity index (χ1n) is 30.8. The van der Waals surface area contributed by atoms with E-state index in [1.807, 2.05) is 0 Å². The van der Waals surface area contributed by atoms with Gasteiger partial charge in [-0.1, -0.05) is 276 Å². The van der Waals surface area contributed by atoms with E-state index in [0.29, 0.717) is 19.3 Å². The third-order valence-electron chi connectivity index (χ3n) is 13.9. The second-order valence-electron chi connectivity index (χ2n) is 21.0. The van der Waals surface area contributed by atoms with Crippen LogP contribution in [0, 0.1) is 0 Å². The molecule has 0 aromatic heterocycles. The normalized spacial score (nSPS) is 12.1. The van der Waals surface area contributed by atoms with Crippen molar-refractivity contribution >= 4 is 17.9 Å². The van der Waals surface area contributed by atoms with Crippen LogP contribution in [0.3, 0.4) is 0 Å². The van der Waals surface area contributed by atoms with Gasteiger partial charge in [0.2, 0.25) is 0 Å². The van der Waals surface area contributed by atoms with Gasteiger partial charge in [0, 0.05) is 19.3 Å². The van der Waals surface area contributed by atoms with Crippen LogP contribution in [0.25, 0.3) is 0 Å². The molecule has 0 aliphatic heterocycles. The van der Waals surface area contributed by atoms with Gasteiger partial charge in [0.1, 0.15) is 13.2 Å². The Balaban J connectivity index is 4.19. The van der Waals surface area contributed by atoms with Crippen LogP contribution in [0.15, 0.2) is 24.3 Å². The molecule has 0 aliphatic rings. The molecule has 1 atom stereocenters. The summed E-state index contributed by atoms with van der Waals surface area (Å²) in [4.78, 5) is 38.1. The number of ether oxygens (including phenoxy) is 3. The first kappa shape index (κ1) is 66.9. The summed E-state index contributed by atoms with van der Waals surface area (Å²) in [5, 5.41) is 0. The van der Waals surface area contributed by atoms with E-state index in [-0.39, 0.29) is 31.1 Å². The monoisotopic (exact) mass is 971 g/mol.